The summed E-state index contributed by atoms with van der Waals surface area (Å²) in [7, 11) is 0. The Bertz CT molecular complexity index is 253. The van der Waals surface area contributed by atoms with E-state index in [1.54, 1.807) is 0 Å². The van der Waals surface area contributed by atoms with Crippen molar-refractivity contribution in [2.45, 2.75) is 57.9 Å². The lowest BCUT2D eigenvalue weighted by Crippen LogP contribution is -2.58. The van der Waals surface area contributed by atoms with Gasteiger partial charge in [0.25, 0.3) is 0 Å². The van der Waals surface area contributed by atoms with Crippen LogP contribution in [0.4, 0.5) is 0 Å². The van der Waals surface area contributed by atoms with Crippen molar-refractivity contribution in [3.63, 3.8) is 0 Å². The fourth-order valence-corrected chi connectivity index (χ4v) is 3.75. The predicted octanol–water partition coefficient (Wildman–Crippen LogP) is 2.40. The maximum atomic E-state index is 6.00. The molecule has 2 rings (SSSR count). The van der Waals surface area contributed by atoms with E-state index in [0.29, 0.717) is 12.0 Å². The number of nitrogens with zero attached hydrogens (tertiary/aromatic N) is 1. The van der Waals surface area contributed by atoms with Crippen molar-refractivity contribution in [3.8, 4) is 0 Å². The Balaban J connectivity index is 1.90. The van der Waals surface area contributed by atoms with Gasteiger partial charge in [-0.15, -0.1) is 0 Å². The van der Waals surface area contributed by atoms with Crippen LogP contribution >= 0.6 is 0 Å². The zero-order valence-electron chi connectivity index (χ0n) is 12.2. The largest absolute Gasteiger partial charge is 0.380 e. The van der Waals surface area contributed by atoms with Gasteiger partial charge in [0.15, 0.2) is 0 Å². The van der Waals surface area contributed by atoms with E-state index >= 15 is 0 Å². The fraction of sp³-hybridized carbons (Fsp3) is 1.00. The van der Waals surface area contributed by atoms with E-state index < -0.39 is 0 Å². The highest BCUT2D eigenvalue weighted by molar-refractivity contribution is 4.95. The zero-order valence-corrected chi connectivity index (χ0v) is 12.2. The number of rotatable bonds is 5. The molecule has 0 bridgehead atoms. The molecule has 106 valence electrons. The molecular weight excluding hydrogens is 224 g/mol. The summed E-state index contributed by atoms with van der Waals surface area (Å²) in [4.78, 5) is 2.58. The predicted molar refractivity (Wildman–Crippen MR) is 75.7 cm³/mol. The van der Waals surface area contributed by atoms with Crippen molar-refractivity contribution in [2.24, 2.45) is 11.1 Å². The molecule has 0 radical (unpaired) electrons. The van der Waals surface area contributed by atoms with Crippen LogP contribution in [0.3, 0.4) is 0 Å². The molecule has 0 aromatic heterocycles. The molecule has 1 aliphatic carbocycles. The third kappa shape index (κ3) is 2.89. The molecule has 1 unspecified atom stereocenters. The molecule has 2 N–H and O–H groups in total. The van der Waals surface area contributed by atoms with Crippen molar-refractivity contribution in [3.05, 3.63) is 0 Å². The molecule has 1 saturated heterocycles. The zero-order chi connectivity index (χ0) is 13.1. The summed E-state index contributed by atoms with van der Waals surface area (Å²) in [6.07, 6.45) is 8.57. The van der Waals surface area contributed by atoms with Crippen LogP contribution in [0.2, 0.25) is 0 Å². The molecule has 1 atom stereocenters. The molecule has 1 saturated carbocycles. The first-order valence-corrected chi connectivity index (χ1v) is 7.67. The molecule has 1 spiro atoms. The highest BCUT2D eigenvalue weighted by Crippen LogP contribution is 2.46. The van der Waals surface area contributed by atoms with E-state index in [4.69, 9.17) is 10.5 Å². The van der Waals surface area contributed by atoms with Gasteiger partial charge in [0.05, 0.1) is 12.1 Å². The molecule has 2 fully saturated rings. The van der Waals surface area contributed by atoms with Gasteiger partial charge in [0, 0.05) is 13.2 Å². The van der Waals surface area contributed by atoms with Crippen LogP contribution in [0.1, 0.15) is 52.4 Å². The normalized spacial score (nSPS) is 27.5. The van der Waals surface area contributed by atoms with E-state index in [9.17, 15) is 0 Å². The molecular formula is C15H30N2O. The Kier molecular flexibility index (Phi) is 4.68. The molecule has 0 amide bonds. The number of likely N-dealkylation sites (tertiary alicyclic amines) is 1. The average molecular weight is 254 g/mol. The minimum atomic E-state index is 0.0379. The summed E-state index contributed by atoms with van der Waals surface area (Å²) in [5.41, 5.74) is 6.73. The van der Waals surface area contributed by atoms with Crippen LogP contribution in [-0.2, 0) is 4.74 Å². The molecule has 0 aromatic rings. The molecule has 18 heavy (non-hydrogen) atoms. The van der Waals surface area contributed by atoms with E-state index in [2.05, 4.69) is 18.7 Å². The van der Waals surface area contributed by atoms with Crippen molar-refractivity contribution < 1.29 is 4.74 Å². The van der Waals surface area contributed by atoms with Gasteiger partial charge >= 0.3 is 0 Å². The third-order valence-electron chi connectivity index (χ3n) is 5.31. The SMILES string of the molecule is CCOCC(C)(CN)N1CCC2(CCCC2)CC1. The van der Waals surface area contributed by atoms with E-state index in [1.165, 1.54) is 51.6 Å². The van der Waals surface area contributed by atoms with Crippen LogP contribution in [0.5, 0.6) is 0 Å². The van der Waals surface area contributed by atoms with Crippen molar-refractivity contribution in [2.75, 3.05) is 32.8 Å². The maximum Gasteiger partial charge on any atom is 0.0659 e. The molecule has 0 aromatic carbocycles. The van der Waals surface area contributed by atoms with Gasteiger partial charge in [-0.1, -0.05) is 12.8 Å². The van der Waals surface area contributed by atoms with Gasteiger partial charge in [-0.05, 0) is 58.0 Å². The molecule has 3 heteroatoms. The summed E-state index contributed by atoms with van der Waals surface area (Å²) in [6.45, 7) is 8.98. The summed E-state index contributed by atoms with van der Waals surface area (Å²) in [5.74, 6) is 0. The van der Waals surface area contributed by atoms with Crippen molar-refractivity contribution >= 4 is 0 Å². The molecule has 3 nitrogen and oxygen atoms in total. The van der Waals surface area contributed by atoms with Crippen LogP contribution < -0.4 is 5.73 Å². The van der Waals surface area contributed by atoms with Crippen molar-refractivity contribution in [1.29, 1.82) is 0 Å². The third-order valence-corrected chi connectivity index (χ3v) is 5.31. The van der Waals surface area contributed by atoms with Gasteiger partial charge in [-0.3, -0.25) is 4.90 Å². The molecule has 1 aliphatic heterocycles. The van der Waals surface area contributed by atoms with Crippen LogP contribution in [0.15, 0.2) is 0 Å². The van der Waals surface area contributed by atoms with Crippen LogP contribution in [-0.4, -0.2) is 43.3 Å². The highest BCUT2D eigenvalue weighted by Gasteiger charge is 2.41. The van der Waals surface area contributed by atoms with Gasteiger partial charge in [-0.25, -0.2) is 0 Å². The van der Waals surface area contributed by atoms with Crippen molar-refractivity contribution in [1.82, 2.24) is 4.90 Å². The van der Waals surface area contributed by atoms with Crippen LogP contribution in [0.25, 0.3) is 0 Å². The number of hydrogen-bond donors (Lipinski definition) is 1. The number of hydrogen-bond acceptors (Lipinski definition) is 3. The van der Waals surface area contributed by atoms with Gasteiger partial charge < -0.3 is 10.5 Å². The summed E-state index contributed by atoms with van der Waals surface area (Å²) < 4.78 is 5.64. The first-order chi connectivity index (χ1) is 8.64. The molecule has 2 aliphatic rings. The Morgan fingerprint density at radius 2 is 1.78 bits per heavy atom. The van der Waals surface area contributed by atoms with E-state index in [0.717, 1.165) is 13.2 Å². The van der Waals surface area contributed by atoms with Gasteiger partial charge in [0.1, 0.15) is 0 Å². The highest BCUT2D eigenvalue weighted by atomic mass is 16.5. The lowest BCUT2D eigenvalue weighted by Gasteiger charge is -2.47. The minimum Gasteiger partial charge on any atom is -0.380 e. The minimum absolute atomic E-state index is 0.0379. The average Bonchev–Trinajstić information content (AvgIpc) is 2.85. The van der Waals surface area contributed by atoms with E-state index in [1.807, 2.05) is 0 Å². The van der Waals surface area contributed by atoms with Crippen LogP contribution in [0, 0.1) is 5.41 Å². The Hall–Kier alpha value is -0.120. The number of piperidine rings is 1. The smallest absolute Gasteiger partial charge is 0.0659 e. The van der Waals surface area contributed by atoms with E-state index in [-0.39, 0.29) is 5.54 Å². The summed E-state index contributed by atoms with van der Waals surface area (Å²) in [6, 6.07) is 0. The second-order valence-corrected chi connectivity index (χ2v) is 6.53. The number of ether oxygens (including phenoxy) is 1. The topological polar surface area (TPSA) is 38.5 Å². The standard InChI is InChI=1S/C15H30N2O/c1-3-18-13-14(2,12-16)17-10-8-15(9-11-17)6-4-5-7-15/h3-13,16H2,1-2H3. The lowest BCUT2D eigenvalue weighted by molar-refractivity contribution is -0.0224. The first kappa shape index (κ1) is 14.3. The summed E-state index contributed by atoms with van der Waals surface area (Å²) >= 11 is 0. The second kappa shape index (κ2) is 5.89. The monoisotopic (exact) mass is 254 g/mol. The Morgan fingerprint density at radius 1 is 1.17 bits per heavy atom. The Labute approximate surface area is 112 Å². The first-order valence-electron chi connectivity index (χ1n) is 7.67. The second-order valence-electron chi connectivity index (χ2n) is 6.53. The van der Waals surface area contributed by atoms with Gasteiger partial charge in [0.2, 0.25) is 0 Å². The number of nitrogens with two attached hydrogens (primary N) is 1. The lowest BCUT2D eigenvalue weighted by atomic mass is 9.76. The fourth-order valence-electron chi connectivity index (χ4n) is 3.75. The quantitative estimate of drug-likeness (QED) is 0.819. The Morgan fingerprint density at radius 3 is 2.28 bits per heavy atom. The van der Waals surface area contributed by atoms with Gasteiger partial charge in [-0.2, -0.15) is 0 Å². The maximum absolute atomic E-state index is 6.00. The molecule has 1 heterocycles. The summed E-state index contributed by atoms with van der Waals surface area (Å²) in [5, 5.41) is 0.